The summed E-state index contributed by atoms with van der Waals surface area (Å²) in [5.74, 6) is 0. The summed E-state index contributed by atoms with van der Waals surface area (Å²) in [7, 11) is 0. The van der Waals surface area contributed by atoms with Gasteiger partial charge in [0, 0.05) is 61.0 Å². The van der Waals surface area contributed by atoms with Gasteiger partial charge in [0.2, 0.25) is 0 Å². The highest BCUT2D eigenvalue weighted by Crippen LogP contribution is 2.49. The monoisotopic (exact) mass is 735 g/mol. The van der Waals surface area contributed by atoms with E-state index in [1.807, 2.05) is 0 Å². The lowest BCUT2D eigenvalue weighted by Crippen LogP contribution is -1.95. The molecule has 0 unspecified atom stereocenters. The van der Waals surface area contributed by atoms with E-state index in [1.54, 1.807) is 0 Å². The van der Waals surface area contributed by atoms with Crippen LogP contribution in [0.5, 0.6) is 0 Å². The SMILES string of the molecule is c1ccc(-n2c3ccccc3c3cc(-c4ccc5c(c4)c4c6ccccc6ccc4n5-c4cccc(-c5ncc6c7c(cccc57)-c5ccccc5-6)c4)ccc32)cc1. The first-order valence-corrected chi connectivity index (χ1v) is 20.0. The lowest BCUT2D eigenvalue weighted by Gasteiger charge is -2.12. The molecule has 1 aliphatic rings. The lowest BCUT2D eigenvalue weighted by atomic mass is 9.99. The Morgan fingerprint density at radius 1 is 0.310 bits per heavy atom. The predicted octanol–water partition coefficient (Wildman–Crippen LogP) is 14.6. The van der Waals surface area contributed by atoms with Crippen LogP contribution in [0.3, 0.4) is 0 Å². The molecule has 3 aromatic heterocycles. The minimum Gasteiger partial charge on any atom is -0.309 e. The van der Waals surface area contributed by atoms with Gasteiger partial charge in [-0.25, -0.2) is 0 Å². The Morgan fingerprint density at radius 2 is 0.914 bits per heavy atom. The zero-order valence-corrected chi connectivity index (χ0v) is 31.4. The van der Waals surface area contributed by atoms with Crippen molar-refractivity contribution in [2.45, 2.75) is 0 Å². The van der Waals surface area contributed by atoms with Gasteiger partial charge in [-0.15, -0.1) is 0 Å². The summed E-state index contributed by atoms with van der Waals surface area (Å²) < 4.78 is 4.82. The molecule has 9 aromatic carbocycles. The first kappa shape index (κ1) is 31.5. The molecule has 1 aliphatic carbocycles. The zero-order chi connectivity index (χ0) is 37.9. The third kappa shape index (κ3) is 4.36. The van der Waals surface area contributed by atoms with Gasteiger partial charge in [0.25, 0.3) is 0 Å². The zero-order valence-electron chi connectivity index (χ0n) is 31.4. The van der Waals surface area contributed by atoms with Crippen molar-refractivity contribution in [3.8, 4) is 56.0 Å². The number of nitrogens with zero attached hydrogens (tertiary/aromatic N) is 3. The van der Waals surface area contributed by atoms with E-state index in [0.29, 0.717) is 0 Å². The third-order valence-electron chi connectivity index (χ3n) is 12.5. The molecule has 3 nitrogen and oxygen atoms in total. The van der Waals surface area contributed by atoms with E-state index in [0.717, 1.165) is 16.9 Å². The molecule has 268 valence electrons. The Labute approximate surface area is 334 Å². The van der Waals surface area contributed by atoms with Crippen molar-refractivity contribution in [2.24, 2.45) is 0 Å². The van der Waals surface area contributed by atoms with Crippen molar-refractivity contribution in [3.63, 3.8) is 0 Å². The first-order chi connectivity index (χ1) is 28.8. The molecule has 12 aromatic rings. The molecule has 58 heavy (non-hydrogen) atoms. The summed E-state index contributed by atoms with van der Waals surface area (Å²) >= 11 is 0. The molecule has 0 fully saturated rings. The van der Waals surface area contributed by atoms with Gasteiger partial charge in [-0.05, 0) is 99.3 Å². The fourth-order valence-corrected chi connectivity index (χ4v) is 9.96. The standard InChI is InChI=1S/C55H33N3/c1-2-14-38(15-3-1)57-49-23-9-8-20-43(49)46-31-35(25-27-50(46)57)36-26-28-51-47(32-36)54-40-17-5-4-12-34(40)24-29-52(54)58(51)39-16-10-13-37(30-39)55-45-22-11-21-44-41-18-6-7-19-42(41)48(33-56-55)53(44)45/h1-33H. The third-order valence-corrected chi connectivity index (χ3v) is 12.5. The van der Waals surface area contributed by atoms with Crippen molar-refractivity contribution < 1.29 is 0 Å². The van der Waals surface area contributed by atoms with Crippen LogP contribution in [-0.2, 0) is 0 Å². The van der Waals surface area contributed by atoms with Crippen LogP contribution in [0.25, 0.3) is 121 Å². The number of hydrogen-bond acceptors (Lipinski definition) is 1. The Hall–Kier alpha value is -7.75. The summed E-state index contributed by atoms with van der Waals surface area (Å²) in [6.07, 6.45) is 2.07. The van der Waals surface area contributed by atoms with Gasteiger partial charge in [-0.2, -0.15) is 0 Å². The summed E-state index contributed by atoms with van der Waals surface area (Å²) in [6.45, 7) is 0. The van der Waals surface area contributed by atoms with Crippen molar-refractivity contribution >= 4 is 65.2 Å². The van der Waals surface area contributed by atoms with E-state index in [-0.39, 0.29) is 0 Å². The van der Waals surface area contributed by atoms with E-state index in [9.17, 15) is 0 Å². The molecule has 3 heteroatoms. The minimum absolute atomic E-state index is 1.01. The maximum atomic E-state index is 5.16. The molecule has 0 spiro atoms. The van der Waals surface area contributed by atoms with Crippen LogP contribution >= 0.6 is 0 Å². The van der Waals surface area contributed by atoms with Crippen LogP contribution in [-0.4, -0.2) is 14.1 Å². The van der Waals surface area contributed by atoms with Crippen LogP contribution < -0.4 is 0 Å². The average molecular weight is 736 g/mol. The number of benzene rings is 9. The van der Waals surface area contributed by atoms with Crippen molar-refractivity contribution in [3.05, 3.63) is 200 Å². The number of rotatable bonds is 4. The van der Waals surface area contributed by atoms with Gasteiger partial charge >= 0.3 is 0 Å². The number of aromatic nitrogens is 3. The fourth-order valence-electron chi connectivity index (χ4n) is 9.96. The van der Waals surface area contributed by atoms with Crippen molar-refractivity contribution in [1.29, 1.82) is 0 Å². The van der Waals surface area contributed by atoms with Gasteiger partial charge in [0.15, 0.2) is 0 Å². The Balaban J connectivity index is 1.01. The molecule has 0 saturated carbocycles. The van der Waals surface area contributed by atoms with E-state index in [2.05, 4.69) is 209 Å². The molecule has 0 amide bonds. The normalized spacial score (nSPS) is 12.1. The van der Waals surface area contributed by atoms with Gasteiger partial charge in [-0.1, -0.05) is 133 Å². The first-order valence-electron chi connectivity index (χ1n) is 20.0. The number of para-hydroxylation sites is 2. The molecule has 0 radical (unpaired) electrons. The topological polar surface area (TPSA) is 22.8 Å². The van der Waals surface area contributed by atoms with E-state index in [1.165, 1.54) is 104 Å². The highest BCUT2D eigenvalue weighted by molar-refractivity contribution is 6.22. The molecule has 0 saturated heterocycles. The number of hydrogen-bond donors (Lipinski definition) is 0. The molecule has 0 N–H and O–H groups in total. The quantitative estimate of drug-likeness (QED) is 0.176. The van der Waals surface area contributed by atoms with Crippen molar-refractivity contribution in [1.82, 2.24) is 14.1 Å². The van der Waals surface area contributed by atoms with E-state index < -0.39 is 0 Å². The van der Waals surface area contributed by atoms with Gasteiger partial charge in [0.05, 0.1) is 27.8 Å². The average Bonchev–Trinajstić information content (AvgIpc) is 3.93. The summed E-state index contributed by atoms with van der Waals surface area (Å²) in [5.41, 5.74) is 16.6. The molecule has 0 bridgehead atoms. The second-order valence-electron chi connectivity index (χ2n) is 15.5. The van der Waals surface area contributed by atoms with E-state index in [4.69, 9.17) is 4.98 Å². The molecular formula is C55H33N3. The highest BCUT2D eigenvalue weighted by atomic mass is 15.0. The smallest absolute Gasteiger partial charge is 0.0781 e. The second-order valence-corrected chi connectivity index (χ2v) is 15.5. The molecule has 0 atom stereocenters. The molecule has 3 heterocycles. The maximum Gasteiger partial charge on any atom is 0.0781 e. The van der Waals surface area contributed by atoms with Gasteiger partial charge < -0.3 is 9.13 Å². The summed E-state index contributed by atoms with van der Waals surface area (Å²) in [6, 6.07) is 71.0. The Bertz CT molecular complexity index is 3650. The molecular weight excluding hydrogens is 703 g/mol. The fraction of sp³-hybridized carbons (Fsp3) is 0. The second kappa shape index (κ2) is 11.9. The summed E-state index contributed by atoms with van der Waals surface area (Å²) in [5, 5.41) is 9.98. The molecule has 13 rings (SSSR count). The number of pyridine rings is 1. The number of fused-ring (bicyclic) bond motifs is 11. The largest absolute Gasteiger partial charge is 0.309 e. The lowest BCUT2D eigenvalue weighted by molar-refractivity contribution is 1.18. The van der Waals surface area contributed by atoms with Gasteiger partial charge in [-0.3, -0.25) is 4.98 Å². The van der Waals surface area contributed by atoms with Gasteiger partial charge in [0.1, 0.15) is 0 Å². The Morgan fingerprint density at radius 3 is 1.78 bits per heavy atom. The predicted molar refractivity (Wildman–Crippen MR) is 243 cm³/mol. The van der Waals surface area contributed by atoms with Crippen LogP contribution in [0.1, 0.15) is 0 Å². The Kier molecular flexibility index (Phi) is 6.44. The van der Waals surface area contributed by atoms with E-state index >= 15 is 0 Å². The van der Waals surface area contributed by atoms with Crippen LogP contribution in [0.15, 0.2) is 200 Å². The highest BCUT2D eigenvalue weighted by Gasteiger charge is 2.24. The molecule has 0 aliphatic heterocycles. The van der Waals surface area contributed by atoms with Crippen LogP contribution in [0.2, 0.25) is 0 Å². The van der Waals surface area contributed by atoms with Crippen LogP contribution in [0, 0.1) is 0 Å². The maximum absolute atomic E-state index is 5.16. The minimum atomic E-state index is 1.01. The van der Waals surface area contributed by atoms with Crippen molar-refractivity contribution in [2.75, 3.05) is 0 Å². The summed E-state index contributed by atoms with van der Waals surface area (Å²) in [4.78, 5) is 5.16. The van der Waals surface area contributed by atoms with Crippen LogP contribution in [0.4, 0.5) is 0 Å².